The van der Waals surface area contributed by atoms with Crippen molar-refractivity contribution in [3.05, 3.63) is 0 Å². The van der Waals surface area contributed by atoms with Crippen molar-refractivity contribution >= 4 is 41.8 Å². The van der Waals surface area contributed by atoms with Crippen LogP contribution in [0.15, 0.2) is 4.99 Å². The molecule has 8 nitrogen and oxygen atoms in total. The van der Waals surface area contributed by atoms with Crippen molar-refractivity contribution in [1.29, 1.82) is 0 Å². The number of hydrogen-bond acceptors (Lipinski definition) is 4. The minimum atomic E-state index is -0.0114. The molecule has 2 N–H and O–H groups in total. The molecule has 2 aliphatic heterocycles. The first-order valence-electron chi connectivity index (χ1n) is 12.2. The number of guanidine groups is 1. The van der Waals surface area contributed by atoms with Gasteiger partial charge in [0.05, 0.1) is 0 Å². The van der Waals surface area contributed by atoms with Gasteiger partial charge in [-0.3, -0.25) is 14.5 Å². The number of nitrogens with zero attached hydrogens (tertiary/aromatic N) is 4. The van der Waals surface area contributed by atoms with Crippen molar-refractivity contribution in [2.24, 2.45) is 10.9 Å². The fraction of sp³-hybridized carbons (Fsp3) is 0.870. The molecular weight excluding hydrogens is 519 g/mol. The fourth-order valence-corrected chi connectivity index (χ4v) is 4.53. The predicted molar refractivity (Wildman–Crippen MR) is 141 cm³/mol. The van der Waals surface area contributed by atoms with Crippen LogP contribution in [0.25, 0.3) is 0 Å². The van der Waals surface area contributed by atoms with Gasteiger partial charge in [-0.25, -0.2) is 4.99 Å². The summed E-state index contributed by atoms with van der Waals surface area (Å²) in [6.45, 7) is 11.1. The zero-order valence-corrected chi connectivity index (χ0v) is 23.1. The number of rotatable bonds is 9. The average molecular weight is 565 g/mol. The molecule has 0 saturated carbocycles. The Kier molecular flexibility index (Phi) is 13.5. The molecule has 2 rings (SSSR count). The lowest BCUT2D eigenvalue weighted by atomic mass is 9.98. The Bertz CT molecular complexity index is 603. The van der Waals surface area contributed by atoms with Crippen LogP contribution in [0, 0.1) is 5.92 Å². The normalized spacial score (nSPS) is 20.2. The molecule has 9 heteroatoms. The third-order valence-electron chi connectivity index (χ3n) is 6.76. The molecule has 0 radical (unpaired) electrons. The molecule has 0 bridgehead atoms. The predicted octanol–water partition coefficient (Wildman–Crippen LogP) is 2.14. The molecule has 186 valence electrons. The second kappa shape index (κ2) is 14.9. The van der Waals surface area contributed by atoms with Crippen molar-refractivity contribution in [2.75, 3.05) is 53.4 Å². The van der Waals surface area contributed by atoms with Gasteiger partial charge in [-0.1, -0.05) is 20.8 Å². The summed E-state index contributed by atoms with van der Waals surface area (Å²) < 4.78 is 0. The van der Waals surface area contributed by atoms with Crippen molar-refractivity contribution in [3.8, 4) is 0 Å². The number of amides is 2. The van der Waals surface area contributed by atoms with Crippen LogP contribution >= 0.6 is 24.0 Å². The lowest BCUT2D eigenvalue weighted by molar-refractivity contribution is -0.136. The number of hydrogen-bond donors (Lipinski definition) is 2. The van der Waals surface area contributed by atoms with Crippen LogP contribution in [0.5, 0.6) is 0 Å². The third kappa shape index (κ3) is 8.68. The van der Waals surface area contributed by atoms with E-state index in [-0.39, 0.29) is 48.4 Å². The molecule has 2 amide bonds. The van der Waals surface area contributed by atoms with Crippen molar-refractivity contribution in [2.45, 2.75) is 71.4 Å². The molecule has 2 heterocycles. The monoisotopic (exact) mass is 564 g/mol. The van der Waals surface area contributed by atoms with E-state index in [9.17, 15) is 9.59 Å². The Balaban J connectivity index is 0.00000512. The van der Waals surface area contributed by atoms with Crippen LogP contribution in [-0.4, -0.2) is 97.9 Å². The number of halogens is 1. The summed E-state index contributed by atoms with van der Waals surface area (Å²) in [5.74, 6) is 1.15. The van der Waals surface area contributed by atoms with E-state index in [1.165, 1.54) is 12.8 Å². The zero-order chi connectivity index (χ0) is 22.8. The van der Waals surface area contributed by atoms with Gasteiger partial charge in [0.1, 0.15) is 6.54 Å². The molecule has 0 aromatic heterocycles. The minimum absolute atomic E-state index is 0. The first kappa shape index (κ1) is 28.9. The third-order valence-corrected chi connectivity index (χ3v) is 6.76. The van der Waals surface area contributed by atoms with Crippen LogP contribution in [0.4, 0.5) is 0 Å². The quantitative estimate of drug-likeness (QED) is 0.255. The summed E-state index contributed by atoms with van der Waals surface area (Å²) in [5.41, 5.74) is 0. The summed E-state index contributed by atoms with van der Waals surface area (Å²) in [6, 6.07) is 0.776. The summed E-state index contributed by atoms with van der Waals surface area (Å²) in [6.07, 6.45) is 6.05. The maximum atomic E-state index is 12.7. The van der Waals surface area contributed by atoms with Crippen molar-refractivity contribution < 1.29 is 9.59 Å². The van der Waals surface area contributed by atoms with Gasteiger partial charge in [-0.05, 0) is 51.6 Å². The van der Waals surface area contributed by atoms with Gasteiger partial charge in [0.15, 0.2) is 5.96 Å². The Morgan fingerprint density at radius 2 is 1.72 bits per heavy atom. The molecular formula is C23H45IN6O2. The summed E-state index contributed by atoms with van der Waals surface area (Å²) in [7, 11) is 3.51. The van der Waals surface area contributed by atoms with Crippen LogP contribution in [0.3, 0.4) is 0 Å². The second-order valence-corrected chi connectivity index (χ2v) is 9.02. The van der Waals surface area contributed by atoms with Gasteiger partial charge in [-0.15, -0.1) is 24.0 Å². The van der Waals surface area contributed by atoms with Crippen LogP contribution in [-0.2, 0) is 9.59 Å². The SMILES string of the molecule is CCC(CC)C(=O)N1CCC(NC(=NCC(=O)N(C)C)NCC2CCCN2CC)CC1.I. The standard InChI is InChI=1S/C23H44N6O2.HI/c1-6-18(7-2)22(31)29-14-11-19(12-15-29)26-23(25-17-21(30)27(4)5)24-16-20-10-9-13-28(20)8-3;/h18-20H,6-17H2,1-5H3,(H2,24,25,26);1H. The maximum absolute atomic E-state index is 12.7. The second-order valence-electron chi connectivity index (χ2n) is 9.02. The van der Waals surface area contributed by atoms with E-state index in [0.29, 0.717) is 17.9 Å². The number of carbonyl (C=O) groups excluding carboxylic acids is 2. The molecule has 0 aromatic rings. The first-order chi connectivity index (χ1) is 14.9. The van der Waals surface area contributed by atoms with E-state index in [1.807, 2.05) is 4.90 Å². The van der Waals surface area contributed by atoms with Gasteiger partial charge in [0, 0.05) is 51.7 Å². The Labute approximate surface area is 211 Å². The highest BCUT2D eigenvalue weighted by Crippen LogP contribution is 2.18. The average Bonchev–Trinajstić information content (AvgIpc) is 3.24. The Morgan fingerprint density at radius 1 is 1.06 bits per heavy atom. The molecule has 32 heavy (non-hydrogen) atoms. The van der Waals surface area contributed by atoms with E-state index in [1.54, 1.807) is 19.0 Å². The van der Waals surface area contributed by atoms with Gasteiger partial charge in [0.2, 0.25) is 11.8 Å². The summed E-state index contributed by atoms with van der Waals surface area (Å²) in [4.78, 5) is 35.4. The number of nitrogens with one attached hydrogen (secondary N) is 2. The maximum Gasteiger partial charge on any atom is 0.243 e. The number of carbonyl (C=O) groups is 2. The smallest absolute Gasteiger partial charge is 0.243 e. The van der Waals surface area contributed by atoms with E-state index >= 15 is 0 Å². The topological polar surface area (TPSA) is 80.3 Å². The highest BCUT2D eigenvalue weighted by molar-refractivity contribution is 14.0. The van der Waals surface area contributed by atoms with Crippen LogP contribution in [0.1, 0.15) is 59.3 Å². The van der Waals surface area contributed by atoms with Gasteiger partial charge >= 0.3 is 0 Å². The minimum Gasteiger partial charge on any atom is -0.355 e. The highest BCUT2D eigenvalue weighted by atomic mass is 127. The van der Waals surface area contributed by atoms with E-state index in [4.69, 9.17) is 0 Å². The van der Waals surface area contributed by atoms with Gasteiger partial charge < -0.3 is 20.4 Å². The number of piperidine rings is 1. The Hall–Kier alpha value is -1.10. The van der Waals surface area contributed by atoms with Gasteiger partial charge in [-0.2, -0.15) is 0 Å². The molecule has 0 aliphatic carbocycles. The van der Waals surface area contributed by atoms with Crippen LogP contribution < -0.4 is 10.6 Å². The number of likely N-dealkylation sites (N-methyl/N-ethyl adjacent to an activating group) is 2. The van der Waals surface area contributed by atoms with E-state index in [2.05, 4.69) is 41.3 Å². The first-order valence-corrected chi connectivity index (χ1v) is 12.2. The highest BCUT2D eigenvalue weighted by Gasteiger charge is 2.27. The Morgan fingerprint density at radius 3 is 2.28 bits per heavy atom. The lowest BCUT2D eigenvalue weighted by Crippen LogP contribution is -2.52. The van der Waals surface area contributed by atoms with E-state index in [0.717, 1.165) is 58.4 Å². The zero-order valence-electron chi connectivity index (χ0n) is 20.7. The largest absolute Gasteiger partial charge is 0.355 e. The summed E-state index contributed by atoms with van der Waals surface area (Å²) in [5, 5.41) is 7.02. The van der Waals surface area contributed by atoms with Crippen molar-refractivity contribution in [1.82, 2.24) is 25.3 Å². The van der Waals surface area contributed by atoms with Crippen LogP contribution in [0.2, 0.25) is 0 Å². The molecule has 1 atom stereocenters. The molecule has 1 unspecified atom stereocenters. The molecule has 2 fully saturated rings. The lowest BCUT2D eigenvalue weighted by Gasteiger charge is -2.35. The number of likely N-dealkylation sites (tertiary alicyclic amines) is 2. The van der Waals surface area contributed by atoms with Crippen molar-refractivity contribution in [3.63, 3.8) is 0 Å². The fourth-order valence-electron chi connectivity index (χ4n) is 4.53. The summed E-state index contributed by atoms with van der Waals surface area (Å²) >= 11 is 0. The molecule has 0 aromatic carbocycles. The van der Waals surface area contributed by atoms with E-state index < -0.39 is 0 Å². The van der Waals surface area contributed by atoms with Gasteiger partial charge in [0.25, 0.3) is 0 Å². The molecule has 2 saturated heterocycles. The molecule has 2 aliphatic rings. The molecule has 0 spiro atoms. The number of aliphatic imine (C=N–C) groups is 1.